The van der Waals surface area contributed by atoms with Gasteiger partial charge in [-0.3, -0.25) is 14.9 Å². The van der Waals surface area contributed by atoms with Crippen molar-refractivity contribution >= 4 is 68.7 Å². The minimum absolute atomic E-state index is 0.215. The number of barbiturate groups is 1. The summed E-state index contributed by atoms with van der Waals surface area (Å²) in [5, 5.41) is 3.01. The number of amides is 4. The van der Waals surface area contributed by atoms with Gasteiger partial charge in [0.1, 0.15) is 24.5 Å². The maximum atomic E-state index is 13.4. The Balaban J connectivity index is 1.34. The van der Waals surface area contributed by atoms with E-state index in [1.165, 1.54) is 13.2 Å². The fraction of sp³-hybridized carbons (Fsp3) is 0.0938. The fourth-order valence-electron chi connectivity index (χ4n) is 4.23. The normalized spacial score (nSPS) is 14.1. The molecule has 0 aliphatic carbocycles. The number of ether oxygens (including phenoxy) is 3. The van der Waals surface area contributed by atoms with Crippen molar-refractivity contribution in [2.75, 3.05) is 12.0 Å². The first-order valence-electron chi connectivity index (χ1n) is 12.9. The Bertz CT molecular complexity index is 1730. The average Bonchev–Trinajstić information content (AvgIpc) is 2.99. The van der Waals surface area contributed by atoms with Gasteiger partial charge in [0.15, 0.2) is 11.5 Å². The summed E-state index contributed by atoms with van der Waals surface area (Å²) in [5.74, 6) is -0.520. The molecular weight excluding hydrogens is 659 g/mol. The first kappa shape index (κ1) is 30.2. The third kappa shape index (κ3) is 7.02. The number of hydrogen-bond donors (Lipinski definition) is 1. The van der Waals surface area contributed by atoms with Gasteiger partial charge in [-0.1, -0.05) is 69.5 Å². The summed E-state index contributed by atoms with van der Waals surface area (Å²) in [5.41, 5.74) is 2.11. The van der Waals surface area contributed by atoms with Crippen LogP contribution in [0.25, 0.3) is 6.08 Å². The number of benzene rings is 4. The van der Waals surface area contributed by atoms with Gasteiger partial charge in [-0.2, -0.15) is 0 Å². The maximum absolute atomic E-state index is 13.4. The van der Waals surface area contributed by atoms with E-state index in [9.17, 15) is 14.4 Å². The van der Waals surface area contributed by atoms with Crippen molar-refractivity contribution in [2.24, 2.45) is 0 Å². The molecule has 1 aliphatic rings. The van der Waals surface area contributed by atoms with Crippen molar-refractivity contribution in [2.45, 2.75) is 13.2 Å². The van der Waals surface area contributed by atoms with Crippen LogP contribution in [0.1, 0.15) is 16.7 Å². The summed E-state index contributed by atoms with van der Waals surface area (Å²) in [6, 6.07) is 23.5. The number of anilines is 1. The second-order valence-corrected chi connectivity index (χ2v) is 11.0. The predicted octanol–water partition coefficient (Wildman–Crippen LogP) is 7.59. The Labute approximate surface area is 265 Å². The van der Waals surface area contributed by atoms with Crippen molar-refractivity contribution in [1.29, 1.82) is 0 Å². The minimum Gasteiger partial charge on any atom is -0.493 e. The van der Waals surface area contributed by atoms with Gasteiger partial charge in [-0.15, -0.1) is 0 Å². The van der Waals surface area contributed by atoms with Crippen LogP contribution in [0, 0.1) is 0 Å². The van der Waals surface area contributed by atoms with Crippen LogP contribution in [0.4, 0.5) is 10.5 Å². The van der Waals surface area contributed by atoms with E-state index in [1.54, 1.807) is 42.5 Å². The number of urea groups is 1. The van der Waals surface area contributed by atoms with Gasteiger partial charge in [0, 0.05) is 15.1 Å². The highest BCUT2D eigenvalue weighted by Crippen LogP contribution is 2.38. The highest BCUT2D eigenvalue weighted by atomic mass is 79.9. The number of carbonyl (C=O) groups excluding carboxylic acids is 3. The van der Waals surface area contributed by atoms with Crippen LogP contribution in [0.15, 0.2) is 95.0 Å². The molecule has 1 fully saturated rings. The van der Waals surface area contributed by atoms with Gasteiger partial charge in [-0.05, 0) is 71.8 Å². The van der Waals surface area contributed by atoms with Crippen LogP contribution < -0.4 is 24.4 Å². The molecule has 0 aromatic heterocycles. The Morgan fingerprint density at radius 1 is 0.860 bits per heavy atom. The molecule has 4 aromatic carbocycles. The molecule has 1 saturated heterocycles. The highest BCUT2D eigenvalue weighted by Gasteiger charge is 2.37. The van der Waals surface area contributed by atoms with Gasteiger partial charge in [0.2, 0.25) is 0 Å². The van der Waals surface area contributed by atoms with Crippen molar-refractivity contribution in [3.8, 4) is 17.2 Å². The molecule has 0 radical (unpaired) electrons. The number of nitrogens with zero attached hydrogens (tertiary/aromatic N) is 1. The van der Waals surface area contributed by atoms with E-state index >= 15 is 0 Å². The molecular formula is C32H23BrCl2N2O6. The van der Waals surface area contributed by atoms with Crippen molar-refractivity contribution in [3.63, 3.8) is 0 Å². The van der Waals surface area contributed by atoms with Crippen LogP contribution in [-0.4, -0.2) is 25.0 Å². The minimum atomic E-state index is -0.871. The van der Waals surface area contributed by atoms with Crippen LogP contribution in [0.3, 0.4) is 0 Å². The van der Waals surface area contributed by atoms with Crippen LogP contribution in [-0.2, 0) is 22.8 Å². The number of imide groups is 2. The number of hydrogen-bond acceptors (Lipinski definition) is 6. The third-order valence-electron chi connectivity index (χ3n) is 6.41. The smallest absolute Gasteiger partial charge is 0.335 e. The van der Waals surface area contributed by atoms with E-state index in [2.05, 4.69) is 21.2 Å². The topological polar surface area (TPSA) is 94.2 Å². The molecule has 1 aliphatic heterocycles. The molecule has 0 unspecified atom stereocenters. The summed E-state index contributed by atoms with van der Waals surface area (Å²) >= 11 is 16.1. The zero-order valence-electron chi connectivity index (χ0n) is 22.6. The van der Waals surface area contributed by atoms with E-state index in [4.69, 9.17) is 37.4 Å². The van der Waals surface area contributed by atoms with E-state index < -0.39 is 17.8 Å². The quantitative estimate of drug-likeness (QED) is 0.145. The lowest BCUT2D eigenvalue weighted by Crippen LogP contribution is -2.54. The van der Waals surface area contributed by atoms with Gasteiger partial charge in [0.05, 0.1) is 17.8 Å². The van der Waals surface area contributed by atoms with Crippen LogP contribution in [0.2, 0.25) is 10.0 Å². The summed E-state index contributed by atoms with van der Waals surface area (Å²) in [4.78, 5) is 39.7. The number of carbonyl (C=O) groups is 3. The molecule has 8 nitrogen and oxygen atoms in total. The van der Waals surface area contributed by atoms with Crippen LogP contribution >= 0.6 is 39.1 Å². The maximum Gasteiger partial charge on any atom is 0.335 e. The molecule has 1 N–H and O–H groups in total. The van der Waals surface area contributed by atoms with Crippen molar-refractivity contribution in [3.05, 3.63) is 122 Å². The zero-order valence-corrected chi connectivity index (χ0v) is 25.7. The largest absolute Gasteiger partial charge is 0.493 e. The molecule has 4 aromatic rings. The standard InChI is InChI=1S/C32H23BrCl2N2O6/c1-41-28-16-20(15-27(35)29(28)43-17-19-6-8-22(33)9-7-19)14-25-30(38)36-32(40)37(31(25)39)23-10-12-24(13-11-23)42-18-21-4-2-3-5-26(21)34/h2-16H,17-18H2,1H3,(H,36,38,40)/b25-14+. The third-order valence-corrected chi connectivity index (χ3v) is 7.59. The van der Waals surface area contributed by atoms with Gasteiger partial charge < -0.3 is 14.2 Å². The summed E-state index contributed by atoms with van der Waals surface area (Å²) < 4.78 is 18.1. The Hall–Kier alpha value is -4.31. The monoisotopic (exact) mass is 680 g/mol. The number of methoxy groups -OCH3 is 1. The van der Waals surface area contributed by atoms with Crippen molar-refractivity contribution < 1.29 is 28.6 Å². The first-order chi connectivity index (χ1) is 20.7. The Kier molecular flexibility index (Phi) is 9.35. The molecule has 4 amide bonds. The Morgan fingerprint density at radius 3 is 2.28 bits per heavy atom. The SMILES string of the molecule is COc1cc(/C=C2\C(=O)NC(=O)N(c3ccc(OCc4ccccc4Cl)cc3)C2=O)cc(Cl)c1OCc1ccc(Br)cc1. The molecule has 218 valence electrons. The molecule has 0 atom stereocenters. The zero-order chi connectivity index (χ0) is 30.5. The van der Waals surface area contributed by atoms with Crippen molar-refractivity contribution in [1.82, 2.24) is 5.32 Å². The second-order valence-electron chi connectivity index (χ2n) is 9.28. The van der Waals surface area contributed by atoms with Gasteiger partial charge >= 0.3 is 6.03 Å². The van der Waals surface area contributed by atoms with Gasteiger partial charge in [0.25, 0.3) is 11.8 Å². The fourth-order valence-corrected chi connectivity index (χ4v) is 4.95. The first-order valence-corrected chi connectivity index (χ1v) is 14.4. The van der Waals surface area contributed by atoms with E-state index in [1.807, 2.05) is 42.5 Å². The molecule has 0 spiro atoms. The van der Waals surface area contributed by atoms with E-state index in [0.717, 1.165) is 20.5 Å². The van der Waals surface area contributed by atoms with E-state index in [-0.39, 0.29) is 29.5 Å². The summed E-state index contributed by atoms with van der Waals surface area (Å²) in [6.45, 7) is 0.481. The predicted molar refractivity (Wildman–Crippen MR) is 168 cm³/mol. The molecule has 1 heterocycles. The summed E-state index contributed by atoms with van der Waals surface area (Å²) in [6.07, 6.45) is 1.34. The van der Waals surface area contributed by atoms with Crippen LogP contribution in [0.5, 0.6) is 17.2 Å². The van der Waals surface area contributed by atoms with Gasteiger partial charge in [-0.25, -0.2) is 9.69 Å². The molecule has 0 bridgehead atoms. The number of rotatable bonds is 9. The lowest BCUT2D eigenvalue weighted by atomic mass is 10.1. The van der Waals surface area contributed by atoms with E-state index in [0.29, 0.717) is 27.8 Å². The summed E-state index contributed by atoms with van der Waals surface area (Å²) in [7, 11) is 1.45. The average molecular weight is 682 g/mol. The lowest BCUT2D eigenvalue weighted by molar-refractivity contribution is -0.122. The Morgan fingerprint density at radius 2 is 1.58 bits per heavy atom. The molecule has 43 heavy (non-hydrogen) atoms. The highest BCUT2D eigenvalue weighted by molar-refractivity contribution is 9.10. The lowest BCUT2D eigenvalue weighted by Gasteiger charge is -2.26. The second kappa shape index (κ2) is 13.3. The molecule has 0 saturated carbocycles. The molecule has 5 rings (SSSR count). The number of nitrogens with one attached hydrogen (secondary N) is 1. The number of halogens is 3. The molecule has 11 heteroatoms.